The van der Waals surface area contributed by atoms with Gasteiger partial charge < -0.3 is 14.8 Å². The molecule has 1 heterocycles. The van der Waals surface area contributed by atoms with Crippen molar-refractivity contribution in [1.29, 1.82) is 0 Å². The Hall–Kier alpha value is -2.07. The van der Waals surface area contributed by atoms with Gasteiger partial charge >= 0.3 is 0 Å². The third-order valence-corrected chi connectivity index (χ3v) is 5.17. The highest BCUT2D eigenvalue weighted by Crippen LogP contribution is 2.35. The highest BCUT2D eigenvalue weighted by Gasteiger charge is 2.24. The molecule has 2 aromatic rings. The fourth-order valence-corrected chi connectivity index (χ4v) is 3.97. The summed E-state index contributed by atoms with van der Waals surface area (Å²) in [5.74, 6) is 0.675. The molecule has 0 saturated carbocycles. The summed E-state index contributed by atoms with van der Waals surface area (Å²) in [6, 6.07) is 9.45. The molecular formula is C18H14FIN2O3S. The van der Waals surface area contributed by atoms with Gasteiger partial charge in [-0.15, -0.1) is 0 Å². The molecule has 5 nitrogen and oxygen atoms in total. The standard InChI is InChI=1S/C18H14FIN2O3S/c1-24-14-8-10(7-13(20)16(14)25-2)9-15-17(23)22-18(26-15)21-12-5-3-11(19)4-6-12/h3-9H,1-2H3,(H,21,22,23)/b15-9-. The number of methoxy groups -OCH3 is 2. The molecule has 3 rings (SSSR count). The van der Waals surface area contributed by atoms with E-state index < -0.39 is 0 Å². The molecular weight excluding hydrogens is 470 g/mol. The number of amidine groups is 1. The lowest BCUT2D eigenvalue weighted by molar-refractivity contribution is -0.115. The van der Waals surface area contributed by atoms with Crippen molar-refractivity contribution in [2.45, 2.75) is 0 Å². The first-order chi connectivity index (χ1) is 12.5. The monoisotopic (exact) mass is 484 g/mol. The van der Waals surface area contributed by atoms with E-state index in [0.29, 0.717) is 27.3 Å². The number of rotatable bonds is 4. The number of benzene rings is 2. The van der Waals surface area contributed by atoms with Crippen LogP contribution < -0.4 is 14.8 Å². The number of nitrogens with one attached hydrogen (secondary N) is 1. The minimum Gasteiger partial charge on any atom is -0.493 e. The van der Waals surface area contributed by atoms with Crippen molar-refractivity contribution in [2.75, 3.05) is 14.2 Å². The van der Waals surface area contributed by atoms with E-state index in [1.165, 1.54) is 23.9 Å². The Balaban J connectivity index is 1.87. The molecule has 0 radical (unpaired) electrons. The van der Waals surface area contributed by atoms with Gasteiger partial charge in [0.1, 0.15) is 5.82 Å². The lowest BCUT2D eigenvalue weighted by Gasteiger charge is -2.10. The first-order valence-corrected chi connectivity index (χ1v) is 9.36. The number of hydrogen-bond donors (Lipinski definition) is 1. The second kappa shape index (κ2) is 8.09. The van der Waals surface area contributed by atoms with Gasteiger partial charge in [0.2, 0.25) is 0 Å². The molecule has 0 aliphatic carbocycles. The second-order valence-electron chi connectivity index (χ2n) is 5.20. The summed E-state index contributed by atoms with van der Waals surface area (Å²) in [5.41, 5.74) is 1.38. The molecule has 0 unspecified atom stereocenters. The molecule has 1 saturated heterocycles. The molecule has 0 aromatic heterocycles. The topological polar surface area (TPSA) is 59.9 Å². The highest BCUT2D eigenvalue weighted by molar-refractivity contribution is 14.1. The van der Waals surface area contributed by atoms with Crippen LogP contribution in [0.5, 0.6) is 11.5 Å². The quantitative estimate of drug-likeness (QED) is 0.519. The van der Waals surface area contributed by atoms with Gasteiger partial charge in [-0.2, -0.15) is 0 Å². The number of carbonyl (C=O) groups excluding carboxylic acids is 1. The summed E-state index contributed by atoms with van der Waals surface area (Å²) >= 11 is 3.38. The largest absolute Gasteiger partial charge is 0.493 e. The van der Waals surface area contributed by atoms with Crippen LogP contribution in [0.15, 0.2) is 46.3 Å². The van der Waals surface area contributed by atoms with Gasteiger partial charge in [0.05, 0.1) is 28.4 Å². The Labute approximate surface area is 167 Å². The van der Waals surface area contributed by atoms with E-state index in [1.807, 2.05) is 6.07 Å². The number of carbonyl (C=O) groups is 1. The molecule has 1 N–H and O–H groups in total. The van der Waals surface area contributed by atoms with Crippen LogP contribution in [0.25, 0.3) is 6.08 Å². The van der Waals surface area contributed by atoms with Crippen LogP contribution in [0.1, 0.15) is 5.56 Å². The van der Waals surface area contributed by atoms with Crippen LogP contribution in [0, 0.1) is 9.39 Å². The summed E-state index contributed by atoms with van der Waals surface area (Å²) in [6.07, 6.45) is 1.76. The van der Waals surface area contributed by atoms with Gasteiger partial charge in [-0.1, -0.05) is 0 Å². The molecule has 26 heavy (non-hydrogen) atoms. The summed E-state index contributed by atoms with van der Waals surface area (Å²) in [6.45, 7) is 0. The van der Waals surface area contributed by atoms with E-state index >= 15 is 0 Å². The van der Waals surface area contributed by atoms with Crippen molar-refractivity contribution in [3.63, 3.8) is 0 Å². The molecule has 1 fully saturated rings. The van der Waals surface area contributed by atoms with Gasteiger partial charge in [-0.25, -0.2) is 9.38 Å². The van der Waals surface area contributed by atoms with Crippen molar-refractivity contribution < 1.29 is 18.7 Å². The number of amides is 1. The number of ether oxygens (including phenoxy) is 2. The van der Waals surface area contributed by atoms with Gasteiger partial charge in [0, 0.05) is 0 Å². The zero-order valence-electron chi connectivity index (χ0n) is 13.9. The Kier molecular flexibility index (Phi) is 5.82. The molecule has 134 valence electrons. The molecule has 1 aliphatic heterocycles. The molecule has 1 aliphatic rings. The molecule has 0 spiro atoms. The van der Waals surface area contributed by atoms with E-state index in [4.69, 9.17) is 9.47 Å². The first-order valence-electron chi connectivity index (χ1n) is 7.47. The number of hydrogen-bond acceptors (Lipinski definition) is 5. The summed E-state index contributed by atoms with van der Waals surface area (Å²) in [5, 5.41) is 3.15. The van der Waals surface area contributed by atoms with Crippen molar-refractivity contribution in [3.8, 4) is 11.5 Å². The third kappa shape index (κ3) is 4.18. The van der Waals surface area contributed by atoms with Crippen molar-refractivity contribution in [2.24, 2.45) is 4.99 Å². The van der Waals surface area contributed by atoms with Crippen LogP contribution >= 0.6 is 34.4 Å². The summed E-state index contributed by atoms with van der Waals surface area (Å²) < 4.78 is 24.5. The molecule has 2 aromatic carbocycles. The fourth-order valence-electron chi connectivity index (χ4n) is 2.29. The zero-order valence-corrected chi connectivity index (χ0v) is 16.9. The summed E-state index contributed by atoms with van der Waals surface area (Å²) in [4.78, 5) is 17.0. The van der Waals surface area contributed by atoms with Crippen LogP contribution in [0.4, 0.5) is 10.1 Å². The molecule has 1 amide bonds. The highest BCUT2D eigenvalue weighted by atomic mass is 127. The van der Waals surface area contributed by atoms with Crippen LogP contribution in [0.2, 0.25) is 0 Å². The van der Waals surface area contributed by atoms with Gasteiger partial charge in [0.15, 0.2) is 16.7 Å². The lowest BCUT2D eigenvalue weighted by atomic mass is 10.2. The maximum Gasteiger partial charge on any atom is 0.264 e. The Morgan fingerprint density at radius 1 is 1.19 bits per heavy atom. The molecule has 0 bridgehead atoms. The average Bonchev–Trinajstić information content (AvgIpc) is 2.95. The Bertz CT molecular complexity index is 913. The second-order valence-corrected chi connectivity index (χ2v) is 7.39. The summed E-state index contributed by atoms with van der Waals surface area (Å²) in [7, 11) is 3.14. The number of nitrogens with zero attached hydrogens (tertiary/aromatic N) is 1. The maximum atomic E-state index is 13.0. The van der Waals surface area contributed by atoms with E-state index in [-0.39, 0.29) is 11.7 Å². The van der Waals surface area contributed by atoms with Crippen LogP contribution in [-0.2, 0) is 4.79 Å². The Morgan fingerprint density at radius 3 is 2.58 bits per heavy atom. The molecule has 0 atom stereocenters. The zero-order chi connectivity index (χ0) is 18.7. The normalized spacial score (nSPS) is 16.8. The number of thioether (sulfide) groups is 1. The number of aliphatic imine (C=N–C) groups is 1. The smallest absolute Gasteiger partial charge is 0.264 e. The van der Waals surface area contributed by atoms with E-state index in [1.54, 1.807) is 38.5 Å². The predicted molar refractivity (Wildman–Crippen MR) is 109 cm³/mol. The van der Waals surface area contributed by atoms with E-state index in [9.17, 15) is 9.18 Å². The SMILES string of the molecule is COc1cc(/C=C2\SC(=Nc3ccc(F)cc3)NC2=O)cc(I)c1OC. The van der Waals surface area contributed by atoms with Gasteiger partial charge in [-0.3, -0.25) is 4.79 Å². The number of halogens is 2. The van der Waals surface area contributed by atoms with Crippen molar-refractivity contribution in [3.05, 3.63) is 56.3 Å². The van der Waals surface area contributed by atoms with Crippen molar-refractivity contribution in [1.82, 2.24) is 5.32 Å². The van der Waals surface area contributed by atoms with Crippen LogP contribution in [0.3, 0.4) is 0 Å². The minimum absolute atomic E-state index is 0.236. The Morgan fingerprint density at radius 2 is 1.92 bits per heavy atom. The van der Waals surface area contributed by atoms with E-state index in [0.717, 1.165) is 9.13 Å². The van der Waals surface area contributed by atoms with Gasteiger partial charge in [-0.05, 0) is 82.4 Å². The predicted octanol–water partition coefficient (Wildman–Crippen LogP) is 4.34. The van der Waals surface area contributed by atoms with Gasteiger partial charge in [0.25, 0.3) is 5.91 Å². The lowest BCUT2D eigenvalue weighted by Crippen LogP contribution is -2.19. The third-order valence-electron chi connectivity index (χ3n) is 3.46. The van der Waals surface area contributed by atoms with Crippen molar-refractivity contribution >= 4 is 57.2 Å². The minimum atomic E-state index is -0.333. The van der Waals surface area contributed by atoms with Crippen LogP contribution in [-0.4, -0.2) is 25.3 Å². The average molecular weight is 484 g/mol. The maximum absolute atomic E-state index is 13.0. The fraction of sp³-hybridized carbons (Fsp3) is 0.111. The van der Waals surface area contributed by atoms with E-state index in [2.05, 4.69) is 32.9 Å². The first kappa shape index (κ1) is 18.7. The molecule has 8 heteroatoms.